The Hall–Kier alpha value is -4.12. The minimum absolute atomic E-state index is 0.462. The first-order valence-corrected chi connectivity index (χ1v) is 9.74. The molecule has 0 spiro atoms. The third-order valence-electron chi connectivity index (χ3n) is 4.90. The number of nitrogens with one attached hydrogen (secondary N) is 1. The Morgan fingerprint density at radius 3 is 2.60 bits per heavy atom. The van der Waals surface area contributed by atoms with Crippen LogP contribution in [-0.4, -0.2) is 21.2 Å². The lowest BCUT2D eigenvalue weighted by molar-refractivity contribution is 1.15. The van der Waals surface area contributed by atoms with E-state index in [1.165, 1.54) is 5.56 Å². The Morgan fingerprint density at radius 2 is 1.70 bits per heavy atom. The van der Waals surface area contributed by atoms with Gasteiger partial charge in [-0.05, 0) is 42.8 Å². The zero-order valence-electron chi connectivity index (χ0n) is 16.4. The molecule has 30 heavy (non-hydrogen) atoms. The van der Waals surface area contributed by atoms with E-state index in [2.05, 4.69) is 51.7 Å². The molecule has 1 N–H and O–H groups in total. The van der Waals surface area contributed by atoms with Gasteiger partial charge in [-0.2, -0.15) is 5.10 Å². The molecule has 0 aliphatic carbocycles. The minimum atomic E-state index is 0.462. The second-order valence-corrected chi connectivity index (χ2v) is 7.11. The van der Waals surface area contributed by atoms with E-state index in [9.17, 15) is 0 Å². The van der Waals surface area contributed by atoms with Crippen LogP contribution in [-0.2, 0) is 0 Å². The highest BCUT2D eigenvalue weighted by Crippen LogP contribution is 2.28. The number of rotatable bonds is 4. The van der Waals surface area contributed by atoms with Crippen LogP contribution in [0.3, 0.4) is 0 Å². The van der Waals surface area contributed by atoms with Crippen molar-refractivity contribution in [1.82, 2.24) is 15.0 Å². The lowest BCUT2D eigenvalue weighted by Gasteiger charge is -2.09. The molecule has 2 heterocycles. The van der Waals surface area contributed by atoms with E-state index in [0.29, 0.717) is 5.95 Å². The number of aryl methyl sites for hydroxylation is 1. The second kappa shape index (κ2) is 7.72. The van der Waals surface area contributed by atoms with Gasteiger partial charge in [-0.3, -0.25) is 4.98 Å². The third-order valence-corrected chi connectivity index (χ3v) is 4.90. The van der Waals surface area contributed by atoms with E-state index < -0.39 is 0 Å². The van der Waals surface area contributed by atoms with Gasteiger partial charge < -0.3 is 0 Å². The SMILES string of the molecule is Cc1ccc2nc(N/N=C\c3ccc4ncccc4c3)nc(-c3ccccc3)c2c1. The average Bonchev–Trinajstić information content (AvgIpc) is 2.79. The summed E-state index contributed by atoms with van der Waals surface area (Å²) in [6, 6.07) is 26.3. The van der Waals surface area contributed by atoms with Crippen molar-refractivity contribution in [2.45, 2.75) is 6.92 Å². The van der Waals surface area contributed by atoms with Gasteiger partial charge >= 0.3 is 0 Å². The molecular formula is C25H19N5. The maximum absolute atomic E-state index is 4.75. The van der Waals surface area contributed by atoms with E-state index in [4.69, 9.17) is 4.98 Å². The fraction of sp³-hybridized carbons (Fsp3) is 0.0400. The fourth-order valence-corrected chi connectivity index (χ4v) is 3.45. The minimum Gasteiger partial charge on any atom is -0.256 e. The molecule has 0 aliphatic heterocycles. The first-order valence-electron chi connectivity index (χ1n) is 9.74. The summed E-state index contributed by atoms with van der Waals surface area (Å²) in [5, 5.41) is 6.46. The molecule has 2 aromatic heterocycles. The molecule has 5 rings (SSSR count). The first-order chi connectivity index (χ1) is 14.8. The number of nitrogens with zero attached hydrogens (tertiary/aromatic N) is 4. The molecule has 0 saturated heterocycles. The highest BCUT2D eigenvalue weighted by molar-refractivity contribution is 5.94. The summed E-state index contributed by atoms with van der Waals surface area (Å²) >= 11 is 0. The van der Waals surface area contributed by atoms with Crippen LogP contribution in [0.4, 0.5) is 5.95 Å². The van der Waals surface area contributed by atoms with Crippen LogP contribution in [0.2, 0.25) is 0 Å². The second-order valence-electron chi connectivity index (χ2n) is 7.11. The van der Waals surface area contributed by atoms with Gasteiger partial charge in [0.05, 0.1) is 22.9 Å². The monoisotopic (exact) mass is 389 g/mol. The predicted molar refractivity (Wildman–Crippen MR) is 123 cm³/mol. The van der Waals surface area contributed by atoms with Crippen LogP contribution in [0.5, 0.6) is 0 Å². The van der Waals surface area contributed by atoms with Crippen LogP contribution in [0.25, 0.3) is 33.1 Å². The molecular weight excluding hydrogens is 370 g/mol. The normalized spacial score (nSPS) is 11.4. The van der Waals surface area contributed by atoms with Crippen molar-refractivity contribution >= 4 is 34.0 Å². The van der Waals surface area contributed by atoms with Crippen molar-refractivity contribution in [3.05, 3.63) is 96.2 Å². The van der Waals surface area contributed by atoms with Crippen LogP contribution in [0.1, 0.15) is 11.1 Å². The molecule has 144 valence electrons. The maximum Gasteiger partial charge on any atom is 0.244 e. The van der Waals surface area contributed by atoms with Gasteiger partial charge in [0, 0.05) is 22.5 Å². The van der Waals surface area contributed by atoms with Crippen LogP contribution < -0.4 is 5.43 Å². The van der Waals surface area contributed by atoms with Crippen molar-refractivity contribution in [3.63, 3.8) is 0 Å². The van der Waals surface area contributed by atoms with E-state index in [1.807, 2.05) is 54.6 Å². The summed E-state index contributed by atoms with van der Waals surface area (Å²) in [5.74, 6) is 0.462. The number of benzene rings is 3. The molecule has 0 fully saturated rings. The van der Waals surface area contributed by atoms with Gasteiger partial charge in [0.2, 0.25) is 5.95 Å². The van der Waals surface area contributed by atoms with E-state index >= 15 is 0 Å². The molecule has 0 aliphatic rings. The molecule has 0 amide bonds. The van der Waals surface area contributed by atoms with E-state index in [-0.39, 0.29) is 0 Å². The Bertz CT molecular complexity index is 1380. The summed E-state index contributed by atoms with van der Waals surface area (Å²) in [6.45, 7) is 2.07. The molecule has 0 saturated carbocycles. The Kier molecular flexibility index (Phi) is 4.62. The van der Waals surface area contributed by atoms with Gasteiger partial charge in [-0.15, -0.1) is 0 Å². The molecule has 5 heteroatoms. The first kappa shape index (κ1) is 17.9. The van der Waals surface area contributed by atoms with Crippen molar-refractivity contribution in [2.24, 2.45) is 5.10 Å². The molecule has 0 unspecified atom stereocenters. The van der Waals surface area contributed by atoms with Gasteiger partial charge in [0.15, 0.2) is 0 Å². The molecule has 5 aromatic rings. The Labute approximate surface area is 174 Å². The fourth-order valence-electron chi connectivity index (χ4n) is 3.45. The van der Waals surface area contributed by atoms with Crippen LogP contribution in [0, 0.1) is 6.92 Å². The standard InChI is InChI=1S/C25H19N5/c1-17-9-11-23-21(14-17)24(19-6-3-2-4-7-19)29-25(28-23)30-27-16-18-10-12-22-20(15-18)8-5-13-26-22/h2-16H,1H3,(H,28,29,30)/b27-16-. The molecule has 0 atom stereocenters. The molecule has 5 nitrogen and oxygen atoms in total. The van der Waals surface area contributed by atoms with E-state index in [1.54, 1.807) is 12.4 Å². The van der Waals surface area contributed by atoms with Crippen molar-refractivity contribution < 1.29 is 0 Å². The largest absolute Gasteiger partial charge is 0.256 e. The zero-order chi connectivity index (χ0) is 20.3. The summed E-state index contributed by atoms with van der Waals surface area (Å²) in [7, 11) is 0. The topological polar surface area (TPSA) is 63.1 Å². The summed E-state index contributed by atoms with van der Waals surface area (Å²) in [6.07, 6.45) is 3.55. The number of aromatic nitrogens is 3. The van der Waals surface area contributed by atoms with Crippen molar-refractivity contribution in [1.29, 1.82) is 0 Å². The number of hydrazone groups is 1. The molecule has 0 radical (unpaired) electrons. The van der Waals surface area contributed by atoms with Crippen molar-refractivity contribution in [2.75, 3.05) is 5.43 Å². The highest BCUT2D eigenvalue weighted by Gasteiger charge is 2.10. The highest BCUT2D eigenvalue weighted by atomic mass is 15.3. The molecule has 0 bridgehead atoms. The summed E-state index contributed by atoms with van der Waals surface area (Å²) in [4.78, 5) is 13.7. The predicted octanol–water partition coefficient (Wildman–Crippen LogP) is 5.60. The van der Waals surface area contributed by atoms with Crippen LogP contribution >= 0.6 is 0 Å². The number of hydrogen-bond acceptors (Lipinski definition) is 5. The van der Waals surface area contributed by atoms with Gasteiger partial charge in [-0.25, -0.2) is 15.4 Å². The number of anilines is 1. The number of hydrogen-bond donors (Lipinski definition) is 1. The Balaban J connectivity index is 1.49. The third kappa shape index (κ3) is 3.61. The average molecular weight is 389 g/mol. The lowest BCUT2D eigenvalue weighted by atomic mass is 10.0. The lowest BCUT2D eigenvalue weighted by Crippen LogP contribution is -2.00. The molecule has 3 aromatic carbocycles. The number of fused-ring (bicyclic) bond motifs is 2. The number of pyridine rings is 1. The van der Waals surface area contributed by atoms with Gasteiger partial charge in [0.25, 0.3) is 0 Å². The maximum atomic E-state index is 4.75. The van der Waals surface area contributed by atoms with Crippen LogP contribution in [0.15, 0.2) is 90.2 Å². The van der Waals surface area contributed by atoms with Gasteiger partial charge in [-0.1, -0.05) is 54.1 Å². The Morgan fingerprint density at radius 1 is 0.833 bits per heavy atom. The smallest absolute Gasteiger partial charge is 0.244 e. The summed E-state index contributed by atoms with van der Waals surface area (Å²) in [5.41, 5.74) is 8.91. The zero-order valence-corrected chi connectivity index (χ0v) is 16.4. The van der Waals surface area contributed by atoms with Gasteiger partial charge in [0.1, 0.15) is 0 Å². The van der Waals surface area contributed by atoms with Crippen molar-refractivity contribution in [3.8, 4) is 11.3 Å². The quantitative estimate of drug-likeness (QED) is 0.321. The summed E-state index contributed by atoms with van der Waals surface area (Å²) < 4.78 is 0. The van der Waals surface area contributed by atoms with E-state index in [0.717, 1.165) is 38.6 Å².